The maximum absolute atomic E-state index is 12.4. The summed E-state index contributed by atoms with van der Waals surface area (Å²) in [6, 6.07) is 3.95. The number of carbonyl (C=O) groups is 1. The lowest BCUT2D eigenvalue weighted by atomic mass is 10.2. The molecular formula is C13H20N2O5S. The van der Waals surface area contributed by atoms with E-state index >= 15 is 0 Å². The van der Waals surface area contributed by atoms with Crippen molar-refractivity contribution in [2.24, 2.45) is 0 Å². The van der Waals surface area contributed by atoms with Crippen LogP contribution in [0.5, 0.6) is 0 Å². The molecule has 8 heteroatoms. The van der Waals surface area contributed by atoms with Crippen molar-refractivity contribution in [2.45, 2.75) is 11.8 Å². The summed E-state index contributed by atoms with van der Waals surface area (Å²) in [5.41, 5.74) is 5.95. The Morgan fingerprint density at radius 1 is 1.38 bits per heavy atom. The van der Waals surface area contributed by atoms with Crippen LogP contribution in [0.1, 0.15) is 17.3 Å². The van der Waals surface area contributed by atoms with E-state index < -0.39 is 16.0 Å². The van der Waals surface area contributed by atoms with Crippen LogP contribution >= 0.6 is 0 Å². The third-order valence-electron chi connectivity index (χ3n) is 2.87. The molecule has 0 heterocycles. The maximum atomic E-state index is 12.4. The lowest BCUT2D eigenvalue weighted by molar-refractivity contribution is 0.0600. The van der Waals surface area contributed by atoms with Crippen LogP contribution in [0.15, 0.2) is 23.1 Å². The zero-order valence-corrected chi connectivity index (χ0v) is 13.1. The number of likely N-dealkylation sites (N-methyl/N-ethyl adjacent to an activating group) is 1. The van der Waals surface area contributed by atoms with Crippen LogP contribution in [0.25, 0.3) is 0 Å². The summed E-state index contributed by atoms with van der Waals surface area (Å²) >= 11 is 0. The third kappa shape index (κ3) is 4.16. The van der Waals surface area contributed by atoms with E-state index in [1.165, 1.54) is 32.4 Å². The van der Waals surface area contributed by atoms with Gasteiger partial charge in [-0.25, -0.2) is 13.2 Å². The van der Waals surface area contributed by atoms with Crippen molar-refractivity contribution in [2.75, 3.05) is 39.6 Å². The largest absolute Gasteiger partial charge is 0.465 e. The Morgan fingerprint density at radius 2 is 2.05 bits per heavy atom. The first kappa shape index (κ1) is 17.4. The molecule has 0 aliphatic heterocycles. The Bertz CT molecular complexity index is 601. The Morgan fingerprint density at radius 3 is 2.57 bits per heavy atom. The van der Waals surface area contributed by atoms with E-state index in [9.17, 15) is 13.2 Å². The zero-order chi connectivity index (χ0) is 16.0. The van der Waals surface area contributed by atoms with Gasteiger partial charge in [0.05, 0.1) is 25.0 Å². The molecule has 0 unspecified atom stereocenters. The van der Waals surface area contributed by atoms with E-state index in [0.29, 0.717) is 13.2 Å². The fourth-order valence-electron chi connectivity index (χ4n) is 1.65. The number of nitrogens with zero attached hydrogens (tertiary/aromatic N) is 1. The summed E-state index contributed by atoms with van der Waals surface area (Å²) in [5, 5.41) is 0. The van der Waals surface area contributed by atoms with Gasteiger partial charge in [0.1, 0.15) is 4.90 Å². The molecule has 1 aromatic carbocycles. The fourth-order valence-corrected chi connectivity index (χ4v) is 2.90. The minimum Gasteiger partial charge on any atom is -0.465 e. The first-order valence-electron chi connectivity index (χ1n) is 6.36. The predicted molar refractivity (Wildman–Crippen MR) is 78.5 cm³/mol. The molecule has 21 heavy (non-hydrogen) atoms. The molecular weight excluding hydrogens is 296 g/mol. The number of nitrogen functional groups attached to an aromatic ring is 1. The first-order chi connectivity index (χ1) is 9.84. The second kappa shape index (κ2) is 7.39. The number of hydrogen-bond donors (Lipinski definition) is 1. The molecule has 0 radical (unpaired) electrons. The molecule has 0 saturated heterocycles. The van der Waals surface area contributed by atoms with Gasteiger partial charge in [0.15, 0.2) is 0 Å². The standard InChI is InChI=1S/C13H20N2O5S/c1-4-20-8-7-15(2)21(17,18)12-6-5-10(9-11(12)14)13(16)19-3/h5-6,9H,4,7-8,14H2,1-3H3. The molecule has 0 spiro atoms. The number of nitrogens with two attached hydrogens (primary N) is 1. The molecule has 0 atom stereocenters. The first-order valence-corrected chi connectivity index (χ1v) is 7.80. The highest BCUT2D eigenvalue weighted by atomic mass is 32.2. The summed E-state index contributed by atoms with van der Waals surface area (Å²) in [5.74, 6) is -0.574. The van der Waals surface area contributed by atoms with E-state index in [1.807, 2.05) is 6.92 Å². The van der Waals surface area contributed by atoms with Crippen molar-refractivity contribution in [1.82, 2.24) is 4.31 Å². The number of ether oxygens (including phenoxy) is 2. The normalized spacial score (nSPS) is 11.6. The van der Waals surface area contributed by atoms with Gasteiger partial charge in [0.2, 0.25) is 10.0 Å². The number of hydrogen-bond acceptors (Lipinski definition) is 6. The van der Waals surface area contributed by atoms with Crippen molar-refractivity contribution in [1.29, 1.82) is 0 Å². The van der Waals surface area contributed by atoms with Crippen LogP contribution in [0.4, 0.5) is 5.69 Å². The lowest BCUT2D eigenvalue weighted by Gasteiger charge is -2.18. The second-order valence-corrected chi connectivity index (χ2v) is 6.28. The lowest BCUT2D eigenvalue weighted by Crippen LogP contribution is -2.31. The van der Waals surface area contributed by atoms with Crippen LogP contribution in [-0.4, -0.2) is 52.6 Å². The summed E-state index contributed by atoms with van der Waals surface area (Å²) in [6.07, 6.45) is 0. The maximum Gasteiger partial charge on any atom is 0.337 e. The zero-order valence-electron chi connectivity index (χ0n) is 12.3. The Balaban J connectivity index is 3.01. The molecule has 0 aromatic heterocycles. The van der Waals surface area contributed by atoms with Gasteiger partial charge in [-0.05, 0) is 25.1 Å². The van der Waals surface area contributed by atoms with Crippen LogP contribution < -0.4 is 5.73 Å². The quantitative estimate of drug-likeness (QED) is 0.452. The van der Waals surface area contributed by atoms with Gasteiger partial charge >= 0.3 is 5.97 Å². The van der Waals surface area contributed by atoms with Crippen molar-refractivity contribution in [3.63, 3.8) is 0 Å². The molecule has 0 aliphatic rings. The van der Waals surface area contributed by atoms with E-state index in [4.69, 9.17) is 10.5 Å². The van der Waals surface area contributed by atoms with Crippen LogP contribution in [0.3, 0.4) is 0 Å². The smallest absolute Gasteiger partial charge is 0.337 e. The molecule has 0 saturated carbocycles. The van der Waals surface area contributed by atoms with Crippen molar-refractivity contribution in [3.05, 3.63) is 23.8 Å². The summed E-state index contributed by atoms with van der Waals surface area (Å²) < 4.78 is 35.6. The number of methoxy groups -OCH3 is 1. The molecule has 1 aromatic rings. The van der Waals surface area contributed by atoms with Gasteiger partial charge in [0, 0.05) is 20.2 Å². The summed E-state index contributed by atoms with van der Waals surface area (Å²) in [4.78, 5) is 11.3. The number of esters is 1. The molecule has 0 bridgehead atoms. The van der Waals surface area contributed by atoms with Crippen molar-refractivity contribution in [3.8, 4) is 0 Å². The minimum atomic E-state index is -3.72. The summed E-state index contributed by atoms with van der Waals surface area (Å²) in [7, 11) is -1.04. The second-order valence-electron chi connectivity index (χ2n) is 4.27. The molecule has 2 N–H and O–H groups in total. The number of anilines is 1. The van der Waals surface area contributed by atoms with E-state index in [2.05, 4.69) is 4.74 Å². The average molecular weight is 316 g/mol. The van der Waals surface area contributed by atoms with Gasteiger partial charge in [-0.1, -0.05) is 0 Å². The average Bonchev–Trinajstić information content (AvgIpc) is 2.46. The van der Waals surface area contributed by atoms with Crippen LogP contribution in [0, 0.1) is 0 Å². The molecule has 118 valence electrons. The number of sulfonamides is 1. The van der Waals surface area contributed by atoms with Crippen molar-refractivity contribution >= 4 is 21.7 Å². The van der Waals surface area contributed by atoms with E-state index in [1.54, 1.807) is 0 Å². The van der Waals surface area contributed by atoms with Gasteiger partial charge in [0.25, 0.3) is 0 Å². The van der Waals surface area contributed by atoms with Crippen molar-refractivity contribution < 1.29 is 22.7 Å². The number of carbonyl (C=O) groups excluding carboxylic acids is 1. The highest BCUT2D eigenvalue weighted by Crippen LogP contribution is 2.23. The highest BCUT2D eigenvalue weighted by molar-refractivity contribution is 7.89. The number of benzene rings is 1. The number of rotatable bonds is 7. The molecule has 0 fully saturated rings. The SMILES string of the molecule is CCOCCN(C)S(=O)(=O)c1ccc(C(=O)OC)cc1N. The Hall–Kier alpha value is -1.64. The highest BCUT2D eigenvalue weighted by Gasteiger charge is 2.23. The summed E-state index contributed by atoms with van der Waals surface area (Å²) in [6.45, 7) is 2.86. The van der Waals surface area contributed by atoms with Gasteiger partial charge in [-0.2, -0.15) is 4.31 Å². The van der Waals surface area contributed by atoms with Crippen LogP contribution in [0.2, 0.25) is 0 Å². The predicted octanol–water partition coefficient (Wildman–Crippen LogP) is 0.712. The van der Waals surface area contributed by atoms with E-state index in [0.717, 1.165) is 4.31 Å². The van der Waals surface area contributed by atoms with Gasteiger partial charge in [-0.15, -0.1) is 0 Å². The van der Waals surface area contributed by atoms with Crippen LogP contribution in [-0.2, 0) is 19.5 Å². The molecule has 0 amide bonds. The third-order valence-corrected chi connectivity index (χ3v) is 4.80. The topological polar surface area (TPSA) is 98.9 Å². The molecule has 0 aliphatic carbocycles. The molecule has 1 rings (SSSR count). The molecule has 7 nitrogen and oxygen atoms in total. The van der Waals surface area contributed by atoms with Gasteiger partial charge in [-0.3, -0.25) is 0 Å². The van der Waals surface area contributed by atoms with Gasteiger partial charge < -0.3 is 15.2 Å². The fraction of sp³-hybridized carbons (Fsp3) is 0.462. The van der Waals surface area contributed by atoms with E-state index in [-0.39, 0.29) is 22.7 Å². The Labute approximate surface area is 124 Å². The minimum absolute atomic E-state index is 0.00107. The Kier molecular flexibility index (Phi) is 6.13. The monoisotopic (exact) mass is 316 g/mol.